The van der Waals surface area contributed by atoms with Gasteiger partial charge in [0, 0.05) is 19.2 Å². The molecule has 0 heterocycles. The second kappa shape index (κ2) is 13.0. The molecular formula is C19H33NO4. The van der Waals surface area contributed by atoms with E-state index in [1.807, 2.05) is 38.1 Å². The molecule has 138 valence electrons. The molecule has 1 unspecified atom stereocenters. The number of ether oxygens (including phenoxy) is 3. The van der Waals surface area contributed by atoms with E-state index in [-0.39, 0.29) is 6.61 Å². The smallest absolute Gasteiger partial charge is 0.119 e. The molecule has 1 aromatic rings. The van der Waals surface area contributed by atoms with E-state index in [0.717, 1.165) is 24.5 Å². The van der Waals surface area contributed by atoms with Gasteiger partial charge in [0.1, 0.15) is 30.8 Å². The van der Waals surface area contributed by atoms with Crippen LogP contribution >= 0.6 is 0 Å². The van der Waals surface area contributed by atoms with E-state index >= 15 is 0 Å². The van der Waals surface area contributed by atoms with Crippen LogP contribution in [0.4, 0.5) is 0 Å². The van der Waals surface area contributed by atoms with E-state index in [1.165, 1.54) is 12.8 Å². The van der Waals surface area contributed by atoms with Crippen LogP contribution in [0, 0.1) is 0 Å². The summed E-state index contributed by atoms with van der Waals surface area (Å²) in [6, 6.07) is 7.78. The van der Waals surface area contributed by atoms with Crippen molar-refractivity contribution in [2.75, 3.05) is 33.0 Å². The molecule has 0 fully saturated rings. The number of benzene rings is 1. The molecule has 2 N–H and O–H groups in total. The van der Waals surface area contributed by atoms with Crippen LogP contribution in [0.3, 0.4) is 0 Å². The summed E-state index contributed by atoms with van der Waals surface area (Å²) >= 11 is 0. The Morgan fingerprint density at radius 2 is 1.62 bits per heavy atom. The van der Waals surface area contributed by atoms with E-state index in [4.69, 9.17) is 14.2 Å². The molecular weight excluding hydrogens is 306 g/mol. The highest BCUT2D eigenvalue weighted by molar-refractivity contribution is 5.31. The molecule has 0 aromatic heterocycles. The van der Waals surface area contributed by atoms with Gasteiger partial charge in [0.2, 0.25) is 0 Å². The fourth-order valence-corrected chi connectivity index (χ4v) is 2.03. The van der Waals surface area contributed by atoms with Gasteiger partial charge in [0.15, 0.2) is 0 Å². The third-order valence-corrected chi connectivity index (χ3v) is 3.42. The first-order valence-electron chi connectivity index (χ1n) is 8.96. The Morgan fingerprint density at radius 1 is 0.958 bits per heavy atom. The molecule has 0 aliphatic rings. The Bertz CT molecular complexity index is 408. The molecule has 5 heteroatoms. The molecule has 5 nitrogen and oxygen atoms in total. The lowest BCUT2D eigenvalue weighted by Crippen LogP contribution is -2.35. The molecule has 0 aliphatic heterocycles. The Labute approximate surface area is 146 Å². The molecule has 0 amide bonds. The van der Waals surface area contributed by atoms with Crippen molar-refractivity contribution in [3.05, 3.63) is 24.3 Å². The van der Waals surface area contributed by atoms with E-state index in [1.54, 1.807) is 0 Å². The second-order valence-electron chi connectivity index (χ2n) is 6.17. The molecule has 1 atom stereocenters. The van der Waals surface area contributed by atoms with Crippen LogP contribution in [0.25, 0.3) is 0 Å². The predicted octanol–water partition coefficient (Wildman–Crippen LogP) is 3.01. The molecule has 1 aromatic carbocycles. The number of hydrogen-bond donors (Lipinski definition) is 2. The van der Waals surface area contributed by atoms with Crippen molar-refractivity contribution in [3.8, 4) is 11.5 Å². The standard InChI is InChI=1S/C19H33NO4/c1-4-5-6-11-22-12-13-23-18-7-9-19(10-8-18)24-15-17(21)14-20-16(2)3/h7-10,16-17,20-21H,4-6,11-15H2,1-3H3. The molecule has 24 heavy (non-hydrogen) atoms. The second-order valence-corrected chi connectivity index (χ2v) is 6.17. The lowest BCUT2D eigenvalue weighted by Gasteiger charge is -2.15. The molecule has 0 bridgehead atoms. The Morgan fingerprint density at radius 3 is 2.25 bits per heavy atom. The van der Waals surface area contributed by atoms with Crippen LogP contribution in [0.5, 0.6) is 11.5 Å². The maximum Gasteiger partial charge on any atom is 0.119 e. The minimum atomic E-state index is -0.520. The van der Waals surface area contributed by atoms with Gasteiger partial charge < -0.3 is 24.6 Å². The lowest BCUT2D eigenvalue weighted by molar-refractivity contribution is 0.0970. The third-order valence-electron chi connectivity index (χ3n) is 3.42. The minimum absolute atomic E-state index is 0.269. The summed E-state index contributed by atoms with van der Waals surface area (Å²) < 4.78 is 16.7. The summed E-state index contributed by atoms with van der Waals surface area (Å²) in [7, 11) is 0. The van der Waals surface area contributed by atoms with Gasteiger partial charge in [-0.15, -0.1) is 0 Å². The van der Waals surface area contributed by atoms with Crippen LogP contribution in [0.15, 0.2) is 24.3 Å². The summed E-state index contributed by atoms with van der Waals surface area (Å²) in [5.74, 6) is 1.52. The average molecular weight is 339 g/mol. The first kappa shape index (κ1) is 20.7. The molecule has 0 aliphatic carbocycles. The van der Waals surface area contributed by atoms with Gasteiger partial charge in [-0.05, 0) is 30.7 Å². The fourth-order valence-electron chi connectivity index (χ4n) is 2.03. The maximum atomic E-state index is 9.81. The number of unbranched alkanes of at least 4 members (excludes halogenated alkanes) is 2. The largest absolute Gasteiger partial charge is 0.491 e. The zero-order valence-electron chi connectivity index (χ0n) is 15.3. The first-order chi connectivity index (χ1) is 11.6. The molecule has 0 spiro atoms. The summed E-state index contributed by atoms with van der Waals surface area (Å²) in [6.07, 6.45) is 3.01. The molecule has 0 saturated heterocycles. The van der Waals surface area contributed by atoms with Gasteiger partial charge in [-0.1, -0.05) is 33.6 Å². The molecule has 0 radical (unpaired) electrons. The van der Waals surface area contributed by atoms with Gasteiger partial charge in [0.25, 0.3) is 0 Å². The summed E-state index contributed by atoms with van der Waals surface area (Å²) in [5.41, 5.74) is 0. The highest BCUT2D eigenvalue weighted by atomic mass is 16.5. The number of aliphatic hydroxyl groups is 1. The van der Waals surface area contributed by atoms with E-state index in [2.05, 4.69) is 12.2 Å². The highest BCUT2D eigenvalue weighted by Gasteiger charge is 2.06. The van der Waals surface area contributed by atoms with E-state index in [9.17, 15) is 5.11 Å². The zero-order chi connectivity index (χ0) is 17.6. The van der Waals surface area contributed by atoms with Crippen molar-refractivity contribution < 1.29 is 19.3 Å². The van der Waals surface area contributed by atoms with Crippen molar-refractivity contribution in [2.45, 2.75) is 52.2 Å². The molecule has 1 rings (SSSR count). The van der Waals surface area contributed by atoms with E-state index < -0.39 is 6.10 Å². The number of hydrogen-bond acceptors (Lipinski definition) is 5. The molecule has 0 saturated carbocycles. The Kier molecular flexibility index (Phi) is 11.3. The van der Waals surface area contributed by atoms with Crippen molar-refractivity contribution in [1.29, 1.82) is 0 Å². The minimum Gasteiger partial charge on any atom is -0.491 e. The number of aliphatic hydroxyl groups excluding tert-OH is 1. The Balaban J connectivity index is 2.14. The summed E-state index contributed by atoms with van der Waals surface area (Å²) in [4.78, 5) is 0. The SMILES string of the molecule is CCCCCOCCOc1ccc(OCC(O)CNC(C)C)cc1. The number of nitrogens with one attached hydrogen (secondary N) is 1. The summed E-state index contributed by atoms with van der Waals surface area (Å²) in [5, 5.41) is 13.0. The van der Waals surface area contributed by atoms with Gasteiger partial charge >= 0.3 is 0 Å². The van der Waals surface area contributed by atoms with Gasteiger partial charge in [-0.25, -0.2) is 0 Å². The predicted molar refractivity (Wildman–Crippen MR) is 96.9 cm³/mol. The van der Waals surface area contributed by atoms with Crippen LogP contribution < -0.4 is 14.8 Å². The average Bonchev–Trinajstić information content (AvgIpc) is 2.58. The van der Waals surface area contributed by atoms with Crippen molar-refractivity contribution >= 4 is 0 Å². The van der Waals surface area contributed by atoms with Crippen LogP contribution in [0.2, 0.25) is 0 Å². The first-order valence-corrected chi connectivity index (χ1v) is 8.96. The highest BCUT2D eigenvalue weighted by Crippen LogP contribution is 2.17. The van der Waals surface area contributed by atoms with Gasteiger partial charge in [-0.2, -0.15) is 0 Å². The quantitative estimate of drug-likeness (QED) is 0.510. The van der Waals surface area contributed by atoms with Crippen molar-refractivity contribution in [2.24, 2.45) is 0 Å². The maximum absolute atomic E-state index is 9.81. The van der Waals surface area contributed by atoms with Crippen LogP contribution in [-0.4, -0.2) is 50.2 Å². The monoisotopic (exact) mass is 339 g/mol. The Hall–Kier alpha value is -1.30. The van der Waals surface area contributed by atoms with Gasteiger partial charge in [-0.3, -0.25) is 0 Å². The topological polar surface area (TPSA) is 60.0 Å². The van der Waals surface area contributed by atoms with Crippen molar-refractivity contribution in [3.63, 3.8) is 0 Å². The van der Waals surface area contributed by atoms with E-state index in [0.29, 0.717) is 25.8 Å². The van der Waals surface area contributed by atoms with Crippen LogP contribution in [-0.2, 0) is 4.74 Å². The summed E-state index contributed by atoms with van der Waals surface area (Å²) in [6.45, 7) is 9.02. The lowest BCUT2D eigenvalue weighted by atomic mass is 10.3. The zero-order valence-corrected chi connectivity index (χ0v) is 15.3. The van der Waals surface area contributed by atoms with Crippen LogP contribution in [0.1, 0.15) is 40.0 Å². The third kappa shape index (κ3) is 10.5. The van der Waals surface area contributed by atoms with Gasteiger partial charge in [0.05, 0.1) is 6.61 Å². The normalized spacial score (nSPS) is 12.4. The number of rotatable bonds is 14. The fraction of sp³-hybridized carbons (Fsp3) is 0.684. The van der Waals surface area contributed by atoms with Crippen molar-refractivity contribution in [1.82, 2.24) is 5.32 Å².